The topological polar surface area (TPSA) is 29.5 Å². The average Bonchev–Trinajstić information content (AvgIpc) is 2.50. The highest BCUT2D eigenvalue weighted by Crippen LogP contribution is 2.13. The van der Waals surface area contributed by atoms with Crippen LogP contribution in [0.2, 0.25) is 0 Å². The van der Waals surface area contributed by atoms with Gasteiger partial charge >= 0.3 is 0 Å². The van der Waals surface area contributed by atoms with Gasteiger partial charge in [-0.1, -0.05) is 96.8 Å². The zero-order valence-electron chi connectivity index (χ0n) is 14.6. The Hall–Kier alpha value is -0.0800. The molecule has 2 nitrogen and oxygen atoms in total. The molecule has 0 atom stereocenters. The van der Waals surface area contributed by atoms with E-state index in [9.17, 15) is 0 Å². The van der Waals surface area contributed by atoms with Crippen molar-refractivity contribution in [3.8, 4) is 0 Å². The van der Waals surface area contributed by atoms with Crippen LogP contribution >= 0.6 is 0 Å². The van der Waals surface area contributed by atoms with E-state index in [1.165, 1.54) is 89.9 Å². The minimum absolute atomic E-state index is 0.152. The van der Waals surface area contributed by atoms with Crippen LogP contribution in [0.3, 0.4) is 0 Å². The van der Waals surface area contributed by atoms with Gasteiger partial charge in [0.25, 0.3) is 0 Å². The van der Waals surface area contributed by atoms with Gasteiger partial charge in [0.2, 0.25) is 0 Å². The quantitative estimate of drug-likeness (QED) is 0.321. The second-order valence-corrected chi connectivity index (χ2v) is 6.29. The van der Waals surface area contributed by atoms with E-state index in [1.807, 2.05) is 0 Å². The van der Waals surface area contributed by atoms with E-state index in [0.29, 0.717) is 6.61 Å². The summed E-state index contributed by atoms with van der Waals surface area (Å²) in [6.45, 7) is 3.75. The van der Waals surface area contributed by atoms with Gasteiger partial charge in [0.15, 0.2) is 0 Å². The van der Waals surface area contributed by atoms with Crippen molar-refractivity contribution in [1.82, 2.24) is 0 Å². The molecule has 0 saturated carbocycles. The molecule has 0 radical (unpaired) electrons. The molecule has 128 valence electrons. The fraction of sp³-hybridized carbons (Fsp3) is 1.00. The van der Waals surface area contributed by atoms with Gasteiger partial charge in [0.1, 0.15) is 0 Å². The van der Waals surface area contributed by atoms with Gasteiger partial charge in [-0.25, -0.2) is 0 Å². The highest BCUT2D eigenvalue weighted by atomic mass is 16.5. The molecule has 0 unspecified atom stereocenters. The minimum atomic E-state index is 0.152. The Morgan fingerprint density at radius 2 is 0.905 bits per heavy atom. The van der Waals surface area contributed by atoms with Crippen molar-refractivity contribution in [1.29, 1.82) is 0 Å². The van der Waals surface area contributed by atoms with Crippen LogP contribution in [0, 0.1) is 0 Å². The second-order valence-electron chi connectivity index (χ2n) is 6.29. The van der Waals surface area contributed by atoms with Crippen molar-refractivity contribution < 1.29 is 9.84 Å². The lowest BCUT2D eigenvalue weighted by Crippen LogP contribution is -2.00. The summed E-state index contributed by atoms with van der Waals surface area (Å²) in [4.78, 5) is 0. The first kappa shape index (κ1) is 20.9. The molecule has 0 aliphatic heterocycles. The standard InChI is InChI=1S/C19H40O2/c1-2-3-4-5-6-7-8-9-10-11-12-13-14-15-16-18-21-19-17-20/h20H,2-19H2,1H3. The molecule has 0 rings (SSSR count). The third-order valence-corrected chi connectivity index (χ3v) is 4.13. The van der Waals surface area contributed by atoms with Crippen molar-refractivity contribution in [3.05, 3.63) is 0 Å². The van der Waals surface area contributed by atoms with Crippen molar-refractivity contribution >= 4 is 0 Å². The molecule has 0 aromatic rings. The molecule has 1 N–H and O–H groups in total. The lowest BCUT2D eigenvalue weighted by Gasteiger charge is -2.04. The summed E-state index contributed by atoms with van der Waals surface area (Å²) in [5.74, 6) is 0. The van der Waals surface area contributed by atoms with Gasteiger partial charge in [-0.3, -0.25) is 0 Å². The molecule has 0 heterocycles. The summed E-state index contributed by atoms with van der Waals surface area (Å²) in [5.41, 5.74) is 0. The number of aliphatic hydroxyl groups is 1. The van der Waals surface area contributed by atoms with Gasteiger partial charge in [0.05, 0.1) is 13.2 Å². The summed E-state index contributed by atoms with van der Waals surface area (Å²) < 4.78 is 5.25. The molecular formula is C19H40O2. The molecule has 0 aromatic heterocycles. The summed E-state index contributed by atoms with van der Waals surface area (Å²) in [6.07, 6.45) is 20.9. The van der Waals surface area contributed by atoms with Crippen molar-refractivity contribution in [2.45, 2.75) is 103 Å². The Morgan fingerprint density at radius 3 is 1.29 bits per heavy atom. The normalized spacial score (nSPS) is 11.1. The zero-order chi connectivity index (χ0) is 15.4. The van der Waals surface area contributed by atoms with E-state index < -0.39 is 0 Å². The molecule has 0 spiro atoms. The average molecular weight is 301 g/mol. The van der Waals surface area contributed by atoms with Crippen molar-refractivity contribution in [2.75, 3.05) is 19.8 Å². The largest absolute Gasteiger partial charge is 0.394 e. The predicted octanol–water partition coefficient (Wildman–Crippen LogP) is 5.87. The number of aliphatic hydroxyl groups excluding tert-OH is 1. The number of ether oxygens (including phenoxy) is 1. The number of hydrogen-bond acceptors (Lipinski definition) is 2. The highest BCUT2D eigenvalue weighted by molar-refractivity contribution is 4.49. The Morgan fingerprint density at radius 1 is 0.524 bits per heavy atom. The van der Waals surface area contributed by atoms with Gasteiger partial charge in [-0.05, 0) is 6.42 Å². The van der Waals surface area contributed by atoms with Crippen molar-refractivity contribution in [3.63, 3.8) is 0 Å². The summed E-state index contributed by atoms with van der Waals surface area (Å²) >= 11 is 0. The summed E-state index contributed by atoms with van der Waals surface area (Å²) in [5, 5.41) is 8.57. The van der Waals surface area contributed by atoms with Crippen LogP contribution in [0.25, 0.3) is 0 Å². The maximum atomic E-state index is 8.57. The molecule has 0 amide bonds. The van der Waals surface area contributed by atoms with Gasteiger partial charge in [-0.2, -0.15) is 0 Å². The van der Waals surface area contributed by atoms with Crippen LogP contribution in [0.5, 0.6) is 0 Å². The van der Waals surface area contributed by atoms with E-state index in [4.69, 9.17) is 9.84 Å². The lowest BCUT2D eigenvalue weighted by molar-refractivity contribution is 0.0895. The van der Waals surface area contributed by atoms with E-state index >= 15 is 0 Å². The number of unbranched alkanes of at least 4 members (excludes halogenated alkanes) is 14. The summed E-state index contributed by atoms with van der Waals surface area (Å²) in [7, 11) is 0. The molecule has 0 aliphatic carbocycles. The fourth-order valence-corrected chi connectivity index (χ4v) is 2.74. The fourth-order valence-electron chi connectivity index (χ4n) is 2.74. The predicted molar refractivity (Wildman–Crippen MR) is 92.8 cm³/mol. The molecule has 0 aromatic carbocycles. The zero-order valence-corrected chi connectivity index (χ0v) is 14.6. The Labute approximate surface area is 133 Å². The Bertz CT molecular complexity index is 153. The summed E-state index contributed by atoms with van der Waals surface area (Å²) in [6, 6.07) is 0. The third kappa shape index (κ3) is 19.9. The lowest BCUT2D eigenvalue weighted by atomic mass is 10.0. The van der Waals surface area contributed by atoms with Gasteiger partial charge < -0.3 is 9.84 Å². The third-order valence-electron chi connectivity index (χ3n) is 4.13. The molecule has 0 bridgehead atoms. The smallest absolute Gasteiger partial charge is 0.0697 e. The monoisotopic (exact) mass is 300 g/mol. The van der Waals surface area contributed by atoms with Crippen LogP contribution in [0.15, 0.2) is 0 Å². The Kier molecular flexibility index (Phi) is 19.8. The molecule has 0 aliphatic rings. The molecule has 21 heavy (non-hydrogen) atoms. The van der Waals surface area contributed by atoms with E-state index in [2.05, 4.69) is 6.92 Å². The van der Waals surface area contributed by atoms with Crippen LogP contribution in [-0.2, 0) is 4.74 Å². The Balaban J connectivity index is 2.90. The first-order valence-corrected chi connectivity index (χ1v) is 9.60. The molecule has 2 heteroatoms. The minimum Gasteiger partial charge on any atom is -0.394 e. The van der Waals surface area contributed by atoms with Crippen molar-refractivity contribution in [2.24, 2.45) is 0 Å². The molecule has 0 saturated heterocycles. The van der Waals surface area contributed by atoms with Crippen LogP contribution in [0.1, 0.15) is 103 Å². The van der Waals surface area contributed by atoms with Crippen LogP contribution < -0.4 is 0 Å². The highest BCUT2D eigenvalue weighted by Gasteiger charge is 1.94. The number of rotatable bonds is 18. The van der Waals surface area contributed by atoms with Crippen LogP contribution in [-0.4, -0.2) is 24.9 Å². The maximum Gasteiger partial charge on any atom is 0.0697 e. The molecular weight excluding hydrogens is 260 g/mol. The van der Waals surface area contributed by atoms with Gasteiger partial charge in [-0.15, -0.1) is 0 Å². The first-order chi connectivity index (χ1) is 10.4. The van der Waals surface area contributed by atoms with E-state index in [-0.39, 0.29) is 6.61 Å². The van der Waals surface area contributed by atoms with E-state index in [0.717, 1.165) is 13.0 Å². The second kappa shape index (κ2) is 19.9. The van der Waals surface area contributed by atoms with Gasteiger partial charge in [0, 0.05) is 6.61 Å². The number of hydrogen-bond donors (Lipinski definition) is 1. The first-order valence-electron chi connectivity index (χ1n) is 9.60. The molecule has 0 fully saturated rings. The maximum absolute atomic E-state index is 8.57. The van der Waals surface area contributed by atoms with E-state index in [1.54, 1.807) is 0 Å². The van der Waals surface area contributed by atoms with Crippen LogP contribution in [0.4, 0.5) is 0 Å². The SMILES string of the molecule is CCCCCCCCCCCCCCCCCOCCO.